The molecule has 2 unspecified atom stereocenters. The van der Waals surface area contributed by atoms with Crippen molar-refractivity contribution in [3.8, 4) is 0 Å². The zero-order chi connectivity index (χ0) is 14.5. The SMILES string of the molecule is CCOCC(NC(=O)C1Cc2ccccc2N1)C(C)C. The van der Waals surface area contributed by atoms with Gasteiger partial charge in [0.25, 0.3) is 0 Å². The van der Waals surface area contributed by atoms with E-state index < -0.39 is 0 Å². The summed E-state index contributed by atoms with van der Waals surface area (Å²) in [7, 11) is 0. The number of nitrogens with one attached hydrogen (secondary N) is 2. The Morgan fingerprint density at radius 2 is 2.20 bits per heavy atom. The third-order valence-electron chi connectivity index (χ3n) is 3.72. The minimum absolute atomic E-state index is 0.0552. The van der Waals surface area contributed by atoms with Crippen LogP contribution in [0.15, 0.2) is 24.3 Å². The highest BCUT2D eigenvalue weighted by Gasteiger charge is 2.28. The van der Waals surface area contributed by atoms with Gasteiger partial charge in [0.1, 0.15) is 6.04 Å². The first-order valence-corrected chi connectivity index (χ1v) is 7.34. The van der Waals surface area contributed by atoms with Crippen molar-refractivity contribution in [2.24, 2.45) is 5.92 Å². The van der Waals surface area contributed by atoms with E-state index in [1.165, 1.54) is 5.56 Å². The van der Waals surface area contributed by atoms with Gasteiger partial charge in [0.05, 0.1) is 12.6 Å². The maximum Gasteiger partial charge on any atom is 0.243 e. The Kier molecular flexibility index (Phi) is 5.01. The molecule has 20 heavy (non-hydrogen) atoms. The molecule has 110 valence electrons. The number of carbonyl (C=O) groups is 1. The van der Waals surface area contributed by atoms with Crippen LogP contribution in [0.2, 0.25) is 0 Å². The molecule has 2 N–H and O–H groups in total. The average molecular weight is 276 g/mol. The first kappa shape index (κ1) is 14.9. The monoisotopic (exact) mass is 276 g/mol. The second-order valence-electron chi connectivity index (χ2n) is 5.58. The summed E-state index contributed by atoms with van der Waals surface area (Å²) in [4.78, 5) is 12.4. The molecule has 2 rings (SSSR count). The number of amides is 1. The van der Waals surface area contributed by atoms with E-state index in [0.29, 0.717) is 19.1 Å². The highest BCUT2D eigenvalue weighted by molar-refractivity contribution is 5.87. The molecule has 0 saturated carbocycles. The molecule has 0 saturated heterocycles. The number of para-hydroxylation sites is 1. The van der Waals surface area contributed by atoms with Gasteiger partial charge in [0, 0.05) is 18.7 Å². The molecule has 1 aromatic rings. The van der Waals surface area contributed by atoms with Crippen LogP contribution < -0.4 is 10.6 Å². The van der Waals surface area contributed by atoms with Gasteiger partial charge in [-0.2, -0.15) is 0 Å². The van der Waals surface area contributed by atoms with Gasteiger partial charge >= 0.3 is 0 Å². The first-order valence-electron chi connectivity index (χ1n) is 7.34. The molecule has 0 aliphatic carbocycles. The van der Waals surface area contributed by atoms with Crippen molar-refractivity contribution in [2.75, 3.05) is 18.5 Å². The Hall–Kier alpha value is -1.55. The van der Waals surface area contributed by atoms with E-state index in [0.717, 1.165) is 12.1 Å². The lowest BCUT2D eigenvalue weighted by molar-refractivity contribution is -0.123. The van der Waals surface area contributed by atoms with Crippen LogP contribution >= 0.6 is 0 Å². The van der Waals surface area contributed by atoms with Crippen LogP contribution in [-0.2, 0) is 16.0 Å². The Labute approximate surface area is 120 Å². The van der Waals surface area contributed by atoms with Crippen LogP contribution in [0.4, 0.5) is 5.69 Å². The van der Waals surface area contributed by atoms with Gasteiger partial charge in [-0.3, -0.25) is 4.79 Å². The molecule has 0 radical (unpaired) electrons. The van der Waals surface area contributed by atoms with Gasteiger partial charge < -0.3 is 15.4 Å². The third kappa shape index (κ3) is 3.51. The van der Waals surface area contributed by atoms with Crippen molar-refractivity contribution >= 4 is 11.6 Å². The smallest absolute Gasteiger partial charge is 0.243 e. The molecule has 1 aliphatic rings. The van der Waals surface area contributed by atoms with Crippen LogP contribution in [0.1, 0.15) is 26.3 Å². The van der Waals surface area contributed by atoms with Crippen molar-refractivity contribution in [3.05, 3.63) is 29.8 Å². The fourth-order valence-electron chi connectivity index (χ4n) is 2.38. The fraction of sp³-hybridized carbons (Fsp3) is 0.562. The van der Waals surface area contributed by atoms with Crippen molar-refractivity contribution in [2.45, 2.75) is 39.3 Å². The van der Waals surface area contributed by atoms with Crippen LogP contribution in [0.5, 0.6) is 0 Å². The molecular weight excluding hydrogens is 252 g/mol. The van der Waals surface area contributed by atoms with Crippen LogP contribution in [0.3, 0.4) is 0 Å². The summed E-state index contributed by atoms with van der Waals surface area (Å²) in [5, 5.41) is 6.38. The zero-order valence-electron chi connectivity index (χ0n) is 12.5. The fourth-order valence-corrected chi connectivity index (χ4v) is 2.38. The second-order valence-corrected chi connectivity index (χ2v) is 5.58. The summed E-state index contributed by atoms with van der Waals surface area (Å²) >= 11 is 0. The highest BCUT2D eigenvalue weighted by Crippen LogP contribution is 2.25. The average Bonchev–Trinajstić information content (AvgIpc) is 2.86. The maximum atomic E-state index is 12.4. The minimum atomic E-state index is -0.171. The van der Waals surface area contributed by atoms with Gasteiger partial charge in [-0.05, 0) is 24.5 Å². The summed E-state index contributed by atoms with van der Waals surface area (Å²) in [5.41, 5.74) is 2.28. The normalized spacial score (nSPS) is 18.5. The number of benzene rings is 1. The largest absolute Gasteiger partial charge is 0.380 e. The zero-order valence-corrected chi connectivity index (χ0v) is 12.5. The summed E-state index contributed by atoms with van der Waals surface area (Å²) in [6.07, 6.45) is 0.751. The Bertz CT molecular complexity index is 435. The molecule has 1 heterocycles. The molecular formula is C16H24N2O2. The predicted octanol–water partition coefficient (Wildman–Crippen LogP) is 2.20. The van der Waals surface area contributed by atoms with E-state index in [4.69, 9.17) is 4.74 Å². The molecule has 1 aromatic carbocycles. The molecule has 0 aromatic heterocycles. The summed E-state index contributed by atoms with van der Waals surface area (Å²) in [6, 6.07) is 7.96. The van der Waals surface area contributed by atoms with Gasteiger partial charge in [0.2, 0.25) is 5.91 Å². The number of hydrogen-bond donors (Lipinski definition) is 2. The number of hydrogen-bond acceptors (Lipinski definition) is 3. The lowest BCUT2D eigenvalue weighted by atomic mass is 10.0. The summed E-state index contributed by atoms with van der Waals surface area (Å²) < 4.78 is 5.45. The Morgan fingerprint density at radius 3 is 2.85 bits per heavy atom. The van der Waals surface area contributed by atoms with Crippen LogP contribution in [0.25, 0.3) is 0 Å². The van der Waals surface area contributed by atoms with E-state index in [1.807, 2.05) is 25.1 Å². The van der Waals surface area contributed by atoms with Crippen molar-refractivity contribution < 1.29 is 9.53 Å². The molecule has 4 nitrogen and oxygen atoms in total. The quantitative estimate of drug-likeness (QED) is 0.837. The lowest BCUT2D eigenvalue weighted by Gasteiger charge is -2.24. The van der Waals surface area contributed by atoms with E-state index in [1.54, 1.807) is 0 Å². The van der Waals surface area contributed by atoms with Crippen molar-refractivity contribution in [3.63, 3.8) is 0 Å². The van der Waals surface area contributed by atoms with E-state index >= 15 is 0 Å². The third-order valence-corrected chi connectivity index (χ3v) is 3.72. The minimum Gasteiger partial charge on any atom is -0.380 e. The Morgan fingerprint density at radius 1 is 1.45 bits per heavy atom. The maximum absolute atomic E-state index is 12.4. The standard InChI is InChI=1S/C16H24N2O2/c1-4-20-10-15(11(2)3)18-16(19)14-9-12-7-5-6-8-13(12)17-14/h5-8,11,14-15,17H,4,9-10H2,1-3H3,(H,18,19). The van der Waals surface area contributed by atoms with Crippen LogP contribution in [0, 0.1) is 5.92 Å². The number of carbonyl (C=O) groups excluding carboxylic acids is 1. The lowest BCUT2D eigenvalue weighted by Crippen LogP contribution is -2.48. The molecule has 2 atom stereocenters. The second kappa shape index (κ2) is 6.75. The molecule has 0 spiro atoms. The molecule has 1 aliphatic heterocycles. The van der Waals surface area contributed by atoms with Crippen molar-refractivity contribution in [1.29, 1.82) is 0 Å². The number of rotatable bonds is 6. The highest BCUT2D eigenvalue weighted by atomic mass is 16.5. The number of fused-ring (bicyclic) bond motifs is 1. The first-order chi connectivity index (χ1) is 9.61. The summed E-state index contributed by atoms with van der Waals surface area (Å²) in [6.45, 7) is 7.40. The van der Waals surface area contributed by atoms with Crippen LogP contribution in [-0.4, -0.2) is 31.2 Å². The summed E-state index contributed by atoms with van der Waals surface area (Å²) in [5.74, 6) is 0.411. The van der Waals surface area contributed by atoms with Gasteiger partial charge in [0.15, 0.2) is 0 Å². The molecule has 0 bridgehead atoms. The number of ether oxygens (including phenoxy) is 1. The van der Waals surface area contributed by atoms with Crippen molar-refractivity contribution in [1.82, 2.24) is 5.32 Å². The molecule has 4 heteroatoms. The van der Waals surface area contributed by atoms with Gasteiger partial charge in [-0.25, -0.2) is 0 Å². The number of anilines is 1. The van der Waals surface area contributed by atoms with Gasteiger partial charge in [-0.15, -0.1) is 0 Å². The van der Waals surface area contributed by atoms with E-state index in [9.17, 15) is 4.79 Å². The molecule has 1 amide bonds. The van der Waals surface area contributed by atoms with Gasteiger partial charge in [-0.1, -0.05) is 32.0 Å². The van der Waals surface area contributed by atoms with E-state index in [2.05, 4.69) is 30.5 Å². The Balaban J connectivity index is 1.92. The molecule has 0 fully saturated rings. The van der Waals surface area contributed by atoms with E-state index in [-0.39, 0.29) is 18.0 Å². The predicted molar refractivity (Wildman–Crippen MR) is 80.8 cm³/mol. The topological polar surface area (TPSA) is 50.4 Å².